The van der Waals surface area contributed by atoms with Gasteiger partial charge < -0.3 is 11.5 Å². The highest BCUT2D eigenvalue weighted by atomic mass is 35.5. The molecular formula is C6H11ClN4. The second kappa shape index (κ2) is 8.71. The maximum Gasteiger partial charge on any atom is 0.183 e. The van der Waals surface area contributed by atoms with Crippen LogP contribution in [-0.2, 0) is 0 Å². The summed E-state index contributed by atoms with van der Waals surface area (Å²) in [5, 5.41) is 6.06. The number of halogens is 1. The van der Waals surface area contributed by atoms with E-state index in [-0.39, 0.29) is 18.4 Å². The monoisotopic (exact) mass is 174 g/mol. The molecule has 0 aliphatic heterocycles. The van der Waals surface area contributed by atoms with E-state index in [0.717, 1.165) is 0 Å². The van der Waals surface area contributed by atoms with Crippen molar-refractivity contribution in [1.29, 1.82) is 5.41 Å². The van der Waals surface area contributed by atoms with Crippen molar-refractivity contribution >= 4 is 18.4 Å². The average Bonchev–Trinajstić information content (AvgIpc) is 1.90. The van der Waals surface area contributed by atoms with Crippen molar-refractivity contribution in [3.05, 3.63) is 30.6 Å². The lowest BCUT2D eigenvalue weighted by Crippen LogP contribution is -2.20. The third kappa shape index (κ3) is 17.7. The zero-order chi connectivity index (χ0) is 7.82. The molecule has 0 spiro atoms. The number of guanidine groups is 1. The van der Waals surface area contributed by atoms with Crippen molar-refractivity contribution < 1.29 is 0 Å². The molecule has 1 aromatic heterocycles. The largest absolute Gasteiger partial charge is 0.370 e. The lowest BCUT2D eigenvalue weighted by atomic mass is 10.5. The van der Waals surface area contributed by atoms with Crippen LogP contribution in [0.2, 0.25) is 0 Å². The molecule has 62 valence electrons. The molecule has 0 radical (unpaired) electrons. The van der Waals surface area contributed by atoms with Crippen LogP contribution in [0.25, 0.3) is 0 Å². The van der Waals surface area contributed by atoms with Gasteiger partial charge in [-0.2, -0.15) is 0 Å². The average molecular weight is 175 g/mol. The normalized spacial score (nSPS) is 6.55. The van der Waals surface area contributed by atoms with Crippen LogP contribution in [0.4, 0.5) is 0 Å². The van der Waals surface area contributed by atoms with Gasteiger partial charge in [0.15, 0.2) is 5.96 Å². The van der Waals surface area contributed by atoms with E-state index in [1.54, 1.807) is 12.4 Å². The quantitative estimate of drug-likeness (QED) is 0.392. The van der Waals surface area contributed by atoms with Gasteiger partial charge in [-0.05, 0) is 12.1 Å². The number of pyridine rings is 1. The van der Waals surface area contributed by atoms with Gasteiger partial charge in [0.1, 0.15) is 0 Å². The van der Waals surface area contributed by atoms with Crippen LogP contribution in [0.5, 0.6) is 0 Å². The van der Waals surface area contributed by atoms with Gasteiger partial charge in [-0.15, -0.1) is 12.4 Å². The third-order valence-electron chi connectivity index (χ3n) is 0.566. The second-order valence-corrected chi connectivity index (χ2v) is 1.48. The van der Waals surface area contributed by atoms with Gasteiger partial charge in [-0.25, -0.2) is 0 Å². The number of hydrogen-bond acceptors (Lipinski definition) is 2. The molecule has 1 aromatic rings. The maximum atomic E-state index is 6.06. The van der Waals surface area contributed by atoms with Crippen molar-refractivity contribution in [2.75, 3.05) is 0 Å². The minimum atomic E-state index is -0.333. The number of aromatic nitrogens is 1. The van der Waals surface area contributed by atoms with Gasteiger partial charge in [0.25, 0.3) is 0 Å². The summed E-state index contributed by atoms with van der Waals surface area (Å²) in [6.45, 7) is 0. The molecule has 0 atom stereocenters. The Kier molecular flexibility index (Phi) is 9.81. The molecule has 0 bridgehead atoms. The summed E-state index contributed by atoms with van der Waals surface area (Å²) >= 11 is 0. The summed E-state index contributed by atoms with van der Waals surface area (Å²) < 4.78 is 0. The van der Waals surface area contributed by atoms with Crippen molar-refractivity contribution in [2.45, 2.75) is 0 Å². The van der Waals surface area contributed by atoms with E-state index in [1.165, 1.54) is 0 Å². The SMILES string of the molecule is Cl.N=C(N)N.c1ccncc1. The Labute approximate surface area is 71.5 Å². The van der Waals surface area contributed by atoms with Gasteiger partial charge in [-0.3, -0.25) is 10.4 Å². The molecule has 0 unspecified atom stereocenters. The first-order chi connectivity index (χ1) is 4.73. The molecular weight excluding hydrogens is 164 g/mol. The summed E-state index contributed by atoms with van der Waals surface area (Å²) in [6.07, 6.45) is 3.50. The Bertz CT molecular complexity index is 146. The topological polar surface area (TPSA) is 88.8 Å². The van der Waals surface area contributed by atoms with Gasteiger partial charge in [0, 0.05) is 12.4 Å². The fourth-order valence-corrected chi connectivity index (χ4v) is 0.313. The standard InChI is InChI=1S/C5H5N.CH5N3.ClH/c1-2-4-6-5-3-1;2-1(3)4;/h1-5H;(H5,2,3,4);1H. The molecule has 0 fully saturated rings. The molecule has 0 saturated carbocycles. The van der Waals surface area contributed by atoms with E-state index in [0.29, 0.717) is 0 Å². The lowest BCUT2D eigenvalue weighted by Gasteiger charge is -1.70. The first-order valence-corrected chi connectivity index (χ1v) is 2.68. The Morgan fingerprint density at radius 3 is 1.55 bits per heavy atom. The summed E-state index contributed by atoms with van der Waals surface area (Å²) in [5.74, 6) is -0.333. The highest BCUT2D eigenvalue weighted by Gasteiger charge is 1.58. The zero-order valence-corrected chi connectivity index (χ0v) is 6.71. The Hall–Kier alpha value is -1.29. The molecule has 0 aromatic carbocycles. The summed E-state index contributed by atoms with van der Waals surface area (Å²) in [4.78, 5) is 3.78. The molecule has 0 saturated heterocycles. The molecule has 5 heteroatoms. The molecule has 1 rings (SSSR count). The van der Waals surface area contributed by atoms with Crippen LogP contribution in [0.15, 0.2) is 30.6 Å². The van der Waals surface area contributed by atoms with Crippen molar-refractivity contribution in [3.8, 4) is 0 Å². The van der Waals surface area contributed by atoms with E-state index in [9.17, 15) is 0 Å². The Morgan fingerprint density at radius 1 is 1.09 bits per heavy atom. The number of nitrogens with one attached hydrogen (secondary N) is 1. The number of nitrogens with two attached hydrogens (primary N) is 2. The van der Waals surface area contributed by atoms with E-state index in [2.05, 4.69) is 16.5 Å². The van der Waals surface area contributed by atoms with Crippen LogP contribution < -0.4 is 11.5 Å². The summed E-state index contributed by atoms with van der Waals surface area (Å²) in [5.41, 5.74) is 8.94. The molecule has 5 N–H and O–H groups in total. The third-order valence-corrected chi connectivity index (χ3v) is 0.566. The first kappa shape index (κ1) is 12.4. The smallest absolute Gasteiger partial charge is 0.183 e. The Morgan fingerprint density at radius 2 is 1.45 bits per heavy atom. The van der Waals surface area contributed by atoms with Gasteiger partial charge >= 0.3 is 0 Å². The number of rotatable bonds is 0. The van der Waals surface area contributed by atoms with Crippen LogP contribution in [0.3, 0.4) is 0 Å². The molecule has 0 aliphatic carbocycles. The first-order valence-electron chi connectivity index (χ1n) is 2.68. The highest BCUT2D eigenvalue weighted by Crippen LogP contribution is 1.73. The van der Waals surface area contributed by atoms with Crippen LogP contribution in [0.1, 0.15) is 0 Å². The summed E-state index contributed by atoms with van der Waals surface area (Å²) in [6, 6.07) is 5.72. The number of nitrogens with zero attached hydrogens (tertiary/aromatic N) is 1. The lowest BCUT2D eigenvalue weighted by molar-refractivity contribution is 1.33. The predicted octanol–water partition coefficient (Wildman–Crippen LogP) is 0.342. The summed E-state index contributed by atoms with van der Waals surface area (Å²) in [7, 11) is 0. The van der Waals surface area contributed by atoms with Gasteiger partial charge in [0.05, 0.1) is 0 Å². The molecule has 11 heavy (non-hydrogen) atoms. The van der Waals surface area contributed by atoms with E-state index >= 15 is 0 Å². The van der Waals surface area contributed by atoms with Gasteiger partial charge in [0.2, 0.25) is 0 Å². The number of hydrogen-bond donors (Lipinski definition) is 3. The molecule has 0 amide bonds. The molecule has 1 heterocycles. The predicted molar refractivity (Wildman–Crippen MR) is 47.6 cm³/mol. The minimum absolute atomic E-state index is 0. The van der Waals surface area contributed by atoms with Crippen LogP contribution >= 0.6 is 12.4 Å². The fourth-order valence-electron chi connectivity index (χ4n) is 0.313. The fraction of sp³-hybridized carbons (Fsp3) is 0. The van der Waals surface area contributed by atoms with Crippen molar-refractivity contribution in [1.82, 2.24) is 4.98 Å². The minimum Gasteiger partial charge on any atom is -0.370 e. The van der Waals surface area contributed by atoms with E-state index in [4.69, 9.17) is 5.41 Å². The second-order valence-electron chi connectivity index (χ2n) is 1.48. The van der Waals surface area contributed by atoms with E-state index < -0.39 is 0 Å². The van der Waals surface area contributed by atoms with Crippen molar-refractivity contribution in [3.63, 3.8) is 0 Å². The Balaban J connectivity index is 0. The van der Waals surface area contributed by atoms with Crippen molar-refractivity contribution in [2.24, 2.45) is 11.5 Å². The highest BCUT2D eigenvalue weighted by molar-refractivity contribution is 5.85. The maximum absolute atomic E-state index is 6.06. The van der Waals surface area contributed by atoms with Crippen LogP contribution in [0, 0.1) is 5.41 Å². The zero-order valence-electron chi connectivity index (χ0n) is 5.90. The molecule has 0 aliphatic rings. The van der Waals surface area contributed by atoms with E-state index in [1.807, 2.05) is 18.2 Å². The van der Waals surface area contributed by atoms with Gasteiger partial charge in [-0.1, -0.05) is 6.07 Å². The van der Waals surface area contributed by atoms with Crippen LogP contribution in [-0.4, -0.2) is 10.9 Å². The molecule has 4 nitrogen and oxygen atoms in total.